The molecule has 7 nitrogen and oxygen atoms in total. The van der Waals surface area contributed by atoms with E-state index in [1.165, 1.54) is 18.3 Å². The van der Waals surface area contributed by atoms with Gasteiger partial charge in [0.15, 0.2) is 0 Å². The van der Waals surface area contributed by atoms with E-state index in [-0.39, 0.29) is 10.5 Å². The SMILES string of the molecule is N#C/C(=C/NC1CCCC1)C(=O)Nc1ccc(S(=O)(=O)O)cc1. The molecule has 1 amide bonds. The number of nitrogens with zero attached hydrogens (tertiary/aromatic N) is 1. The summed E-state index contributed by atoms with van der Waals surface area (Å²) in [5, 5.41) is 14.6. The van der Waals surface area contributed by atoms with Gasteiger partial charge in [0.1, 0.15) is 11.6 Å². The molecular formula is C15H17N3O4S. The minimum atomic E-state index is -4.27. The number of carbonyl (C=O) groups is 1. The standard InChI is InChI=1S/C15H17N3O4S/c16-9-11(10-17-12-3-1-2-4-12)15(19)18-13-5-7-14(8-6-13)23(20,21)22/h5-8,10,12,17H,1-4H2,(H,18,19)(H,20,21,22)/b11-10-. The van der Waals surface area contributed by atoms with Crippen LogP contribution < -0.4 is 10.6 Å². The van der Waals surface area contributed by atoms with Crippen molar-refractivity contribution < 1.29 is 17.8 Å². The van der Waals surface area contributed by atoms with E-state index in [1.807, 2.05) is 6.07 Å². The second-order valence-electron chi connectivity index (χ2n) is 5.27. The van der Waals surface area contributed by atoms with Gasteiger partial charge in [-0.15, -0.1) is 0 Å². The third kappa shape index (κ3) is 4.81. The fraction of sp³-hybridized carbons (Fsp3) is 0.333. The van der Waals surface area contributed by atoms with Crippen LogP contribution in [0.15, 0.2) is 40.9 Å². The van der Waals surface area contributed by atoms with Crippen LogP contribution in [-0.4, -0.2) is 24.9 Å². The van der Waals surface area contributed by atoms with Gasteiger partial charge in [0.2, 0.25) is 0 Å². The molecule has 23 heavy (non-hydrogen) atoms. The topological polar surface area (TPSA) is 119 Å². The Balaban J connectivity index is 2.01. The van der Waals surface area contributed by atoms with Crippen molar-refractivity contribution in [2.75, 3.05) is 5.32 Å². The Morgan fingerprint density at radius 1 is 1.26 bits per heavy atom. The number of anilines is 1. The van der Waals surface area contributed by atoms with E-state index in [0.717, 1.165) is 37.8 Å². The maximum atomic E-state index is 12.0. The van der Waals surface area contributed by atoms with Crippen molar-refractivity contribution in [2.24, 2.45) is 0 Å². The summed E-state index contributed by atoms with van der Waals surface area (Å²) in [4.78, 5) is 11.8. The zero-order chi connectivity index (χ0) is 16.9. The molecular weight excluding hydrogens is 318 g/mol. The second-order valence-corrected chi connectivity index (χ2v) is 6.69. The summed E-state index contributed by atoms with van der Waals surface area (Å²) in [7, 11) is -4.27. The van der Waals surface area contributed by atoms with E-state index in [2.05, 4.69) is 10.6 Å². The highest BCUT2D eigenvalue weighted by molar-refractivity contribution is 7.85. The van der Waals surface area contributed by atoms with Gasteiger partial charge in [0, 0.05) is 17.9 Å². The maximum Gasteiger partial charge on any atom is 0.294 e. The van der Waals surface area contributed by atoms with Crippen LogP contribution >= 0.6 is 0 Å². The summed E-state index contributed by atoms with van der Waals surface area (Å²) in [5.74, 6) is -0.586. The quantitative estimate of drug-likeness (QED) is 0.429. The predicted molar refractivity (Wildman–Crippen MR) is 84.0 cm³/mol. The molecule has 122 valence electrons. The van der Waals surface area contributed by atoms with Gasteiger partial charge >= 0.3 is 0 Å². The van der Waals surface area contributed by atoms with E-state index >= 15 is 0 Å². The van der Waals surface area contributed by atoms with E-state index in [1.54, 1.807) is 0 Å². The smallest absolute Gasteiger partial charge is 0.294 e. The summed E-state index contributed by atoms with van der Waals surface area (Å²) in [6.45, 7) is 0. The third-order valence-corrected chi connectivity index (χ3v) is 4.46. The normalized spacial score (nSPS) is 15.9. The van der Waals surface area contributed by atoms with Gasteiger partial charge in [-0.05, 0) is 37.1 Å². The van der Waals surface area contributed by atoms with Gasteiger partial charge in [-0.3, -0.25) is 9.35 Å². The van der Waals surface area contributed by atoms with Crippen LogP contribution in [0.1, 0.15) is 25.7 Å². The highest BCUT2D eigenvalue weighted by Crippen LogP contribution is 2.18. The highest BCUT2D eigenvalue weighted by Gasteiger charge is 2.15. The van der Waals surface area contributed by atoms with Crippen LogP contribution in [0, 0.1) is 11.3 Å². The van der Waals surface area contributed by atoms with Crippen molar-refractivity contribution in [1.29, 1.82) is 5.26 Å². The summed E-state index contributed by atoms with van der Waals surface area (Å²) < 4.78 is 30.8. The number of hydrogen-bond donors (Lipinski definition) is 3. The van der Waals surface area contributed by atoms with Gasteiger partial charge in [0.05, 0.1) is 4.90 Å². The molecule has 1 aromatic carbocycles. The highest BCUT2D eigenvalue weighted by atomic mass is 32.2. The van der Waals surface area contributed by atoms with Crippen molar-refractivity contribution in [3.8, 4) is 6.07 Å². The fourth-order valence-electron chi connectivity index (χ4n) is 2.35. The average molecular weight is 335 g/mol. The molecule has 3 N–H and O–H groups in total. The first-order valence-electron chi connectivity index (χ1n) is 7.15. The van der Waals surface area contributed by atoms with E-state index < -0.39 is 16.0 Å². The molecule has 0 aromatic heterocycles. The fourth-order valence-corrected chi connectivity index (χ4v) is 2.83. The monoisotopic (exact) mass is 335 g/mol. The van der Waals surface area contributed by atoms with Crippen LogP contribution in [0.4, 0.5) is 5.69 Å². The lowest BCUT2D eigenvalue weighted by molar-refractivity contribution is -0.112. The van der Waals surface area contributed by atoms with Crippen molar-refractivity contribution in [1.82, 2.24) is 5.32 Å². The van der Waals surface area contributed by atoms with Gasteiger partial charge in [-0.1, -0.05) is 12.8 Å². The Hall–Kier alpha value is -2.37. The first-order valence-corrected chi connectivity index (χ1v) is 8.59. The summed E-state index contributed by atoms with van der Waals surface area (Å²) in [6.07, 6.45) is 5.74. The molecule has 8 heteroatoms. The molecule has 0 bridgehead atoms. The van der Waals surface area contributed by atoms with E-state index in [0.29, 0.717) is 11.7 Å². The van der Waals surface area contributed by atoms with E-state index in [4.69, 9.17) is 9.81 Å². The minimum absolute atomic E-state index is 0.0595. The molecule has 0 spiro atoms. The molecule has 1 aliphatic carbocycles. The molecule has 0 heterocycles. The Labute approximate surface area is 134 Å². The Morgan fingerprint density at radius 3 is 2.39 bits per heavy atom. The number of amides is 1. The van der Waals surface area contributed by atoms with Gasteiger partial charge in [0.25, 0.3) is 16.0 Å². The maximum absolute atomic E-state index is 12.0. The van der Waals surface area contributed by atoms with Crippen LogP contribution in [-0.2, 0) is 14.9 Å². The van der Waals surface area contributed by atoms with Crippen molar-refractivity contribution in [2.45, 2.75) is 36.6 Å². The van der Waals surface area contributed by atoms with Crippen molar-refractivity contribution in [3.63, 3.8) is 0 Å². The van der Waals surface area contributed by atoms with Crippen LogP contribution in [0.3, 0.4) is 0 Å². The first kappa shape index (κ1) is 17.0. The molecule has 1 aliphatic rings. The summed E-state index contributed by atoms with van der Waals surface area (Å²) in [6, 6.07) is 7.12. The summed E-state index contributed by atoms with van der Waals surface area (Å²) >= 11 is 0. The van der Waals surface area contributed by atoms with Gasteiger partial charge in [-0.25, -0.2) is 0 Å². The number of nitrogens with one attached hydrogen (secondary N) is 2. The molecule has 0 unspecified atom stereocenters. The molecule has 0 atom stereocenters. The van der Waals surface area contributed by atoms with Gasteiger partial charge in [-0.2, -0.15) is 13.7 Å². The summed E-state index contributed by atoms with van der Waals surface area (Å²) in [5.41, 5.74) is 0.264. The molecule has 2 rings (SSSR count). The third-order valence-electron chi connectivity index (χ3n) is 3.59. The Kier molecular flexibility index (Phi) is 5.36. The Bertz CT molecular complexity index is 742. The molecule has 1 fully saturated rings. The number of benzene rings is 1. The molecule has 0 saturated heterocycles. The lowest BCUT2D eigenvalue weighted by atomic mass is 10.2. The Morgan fingerprint density at radius 2 is 1.87 bits per heavy atom. The minimum Gasteiger partial charge on any atom is -0.387 e. The number of hydrogen-bond acceptors (Lipinski definition) is 5. The first-order chi connectivity index (χ1) is 10.9. The van der Waals surface area contributed by atoms with Crippen molar-refractivity contribution >= 4 is 21.7 Å². The lowest BCUT2D eigenvalue weighted by Gasteiger charge is -2.09. The largest absolute Gasteiger partial charge is 0.387 e. The van der Waals surface area contributed by atoms with Crippen LogP contribution in [0.25, 0.3) is 0 Å². The molecule has 0 aliphatic heterocycles. The lowest BCUT2D eigenvalue weighted by Crippen LogP contribution is -2.23. The van der Waals surface area contributed by atoms with Crippen molar-refractivity contribution in [3.05, 3.63) is 36.0 Å². The zero-order valence-corrected chi connectivity index (χ0v) is 13.1. The van der Waals surface area contributed by atoms with E-state index in [9.17, 15) is 13.2 Å². The van der Waals surface area contributed by atoms with Gasteiger partial charge < -0.3 is 10.6 Å². The molecule has 1 saturated carbocycles. The number of carbonyl (C=O) groups excluding carboxylic acids is 1. The second kappa shape index (κ2) is 7.26. The van der Waals surface area contributed by atoms with Crippen LogP contribution in [0.5, 0.6) is 0 Å². The molecule has 1 aromatic rings. The number of nitriles is 1. The number of rotatable bonds is 5. The molecule has 0 radical (unpaired) electrons. The average Bonchev–Trinajstić information content (AvgIpc) is 3.01. The zero-order valence-electron chi connectivity index (χ0n) is 12.3. The van der Waals surface area contributed by atoms with Crippen LogP contribution in [0.2, 0.25) is 0 Å². The predicted octanol–water partition coefficient (Wildman–Crippen LogP) is 1.81.